The average molecular weight is 400 g/mol. The zero-order valence-electron chi connectivity index (χ0n) is 15.4. The number of hydrogen-bond donors (Lipinski definition) is 5. The van der Waals surface area contributed by atoms with Gasteiger partial charge < -0.3 is 34.7 Å². The molecule has 4 atom stereocenters. The topological polar surface area (TPSA) is 141 Å². The lowest BCUT2D eigenvalue weighted by Crippen LogP contribution is -2.44. The fourth-order valence-electron chi connectivity index (χ4n) is 3.65. The number of phenolic OH excluding ortho intramolecular Hbond substituents is 3. The van der Waals surface area contributed by atoms with Crippen molar-refractivity contribution in [1.29, 1.82) is 0 Å². The van der Waals surface area contributed by atoms with E-state index < -0.39 is 35.6 Å². The van der Waals surface area contributed by atoms with Crippen molar-refractivity contribution in [2.75, 3.05) is 0 Å². The second-order valence-corrected chi connectivity index (χ2v) is 7.18. The van der Waals surface area contributed by atoms with Gasteiger partial charge in [0.15, 0.2) is 11.0 Å². The van der Waals surface area contributed by atoms with E-state index in [0.717, 1.165) is 6.07 Å². The Morgan fingerprint density at radius 1 is 1.00 bits per heavy atom. The summed E-state index contributed by atoms with van der Waals surface area (Å²) in [5.41, 5.74) is 0.00804. The monoisotopic (exact) mass is 400 g/mol. The van der Waals surface area contributed by atoms with Gasteiger partial charge >= 0.3 is 0 Å². The van der Waals surface area contributed by atoms with Gasteiger partial charge in [-0.25, -0.2) is 0 Å². The van der Waals surface area contributed by atoms with Gasteiger partial charge in [-0.3, -0.25) is 4.79 Å². The third-order valence-electron chi connectivity index (χ3n) is 5.18. The Kier molecular flexibility index (Phi) is 4.70. The van der Waals surface area contributed by atoms with E-state index in [1.165, 1.54) is 18.2 Å². The van der Waals surface area contributed by atoms with Crippen LogP contribution in [0.5, 0.6) is 17.2 Å². The van der Waals surface area contributed by atoms with E-state index in [2.05, 4.69) is 0 Å². The highest BCUT2D eigenvalue weighted by molar-refractivity contribution is 5.89. The van der Waals surface area contributed by atoms with E-state index in [4.69, 9.17) is 9.15 Å². The van der Waals surface area contributed by atoms with Gasteiger partial charge in [0.2, 0.25) is 0 Å². The Balaban J connectivity index is 1.94. The quantitative estimate of drug-likeness (QED) is 0.441. The number of aliphatic hydroxyl groups is 2. The Labute approximate surface area is 164 Å². The van der Waals surface area contributed by atoms with E-state index in [1.807, 2.05) is 0 Å². The van der Waals surface area contributed by atoms with Crippen molar-refractivity contribution < 1.29 is 34.7 Å². The molecular formula is C21H20O8. The molecule has 152 valence electrons. The van der Waals surface area contributed by atoms with Crippen LogP contribution in [-0.2, 0) is 4.74 Å². The van der Waals surface area contributed by atoms with Gasteiger partial charge in [0.1, 0.15) is 34.5 Å². The SMILES string of the molecule is C[C@@H]1O[C@@H](c2c(O)cc(O)c3c(=O)cc(-c4ccc(O)cc4)oc23)CC(O)C1O. The van der Waals surface area contributed by atoms with Crippen LogP contribution in [0.1, 0.15) is 25.0 Å². The molecule has 4 rings (SSSR count). The molecule has 0 bridgehead atoms. The normalized spacial score (nSPS) is 24.7. The summed E-state index contributed by atoms with van der Waals surface area (Å²) in [7, 11) is 0. The minimum Gasteiger partial charge on any atom is -0.508 e. The summed E-state index contributed by atoms with van der Waals surface area (Å²) in [5.74, 6) is -0.596. The van der Waals surface area contributed by atoms with Gasteiger partial charge in [-0.1, -0.05) is 0 Å². The molecule has 5 N–H and O–H groups in total. The van der Waals surface area contributed by atoms with Gasteiger partial charge in [-0.15, -0.1) is 0 Å². The standard InChI is InChI=1S/C21H20O8/c1-9-20(27)15(26)8-17(28-9)19-13(24)6-12(23)18-14(25)7-16(29-21(18)19)10-2-4-11(22)5-3-10/h2-7,9,15,17,20,22-24,26-27H,8H2,1H3/t9-,15?,17+,20?/m0/s1. The number of benzene rings is 2. The summed E-state index contributed by atoms with van der Waals surface area (Å²) >= 11 is 0. The highest BCUT2D eigenvalue weighted by atomic mass is 16.5. The fraction of sp³-hybridized carbons (Fsp3) is 0.286. The molecule has 8 nitrogen and oxygen atoms in total. The molecule has 0 amide bonds. The van der Waals surface area contributed by atoms with Crippen LogP contribution in [0.3, 0.4) is 0 Å². The van der Waals surface area contributed by atoms with Crippen LogP contribution < -0.4 is 5.43 Å². The van der Waals surface area contributed by atoms with Crippen LogP contribution >= 0.6 is 0 Å². The first kappa shape index (κ1) is 19.3. The molecule has 3 aromatic rings. The molecule has 1 aliphatic heterocycles. The molecule has 2 heterocycles. The summed E-state index contributed by atoms with van der Waals surface area (Å²) in [6.07, 6.45) is -3.81. The molecule has 29 heavy (non-hydrogen) atoms. The fourth-order valence-corrected chi connectivity index (χ4v) is 3.65. The number of rotatable bonds is 2. The Morgan fingerprint density at radius 2 is 1.69 bits per heavy atom. The van der Waals surface area contributed by atoms with Crippen LogP contribution in [0, 0.1) is 0 Å². The van der Waals surface area contributed by atoms with Gasteiger partial charge in [-0.05, 0) is 31.2 Å². The van der Waals surface area contributed by atoms with Crippen molar-refractivity contribution in [3.63, 3.8) is 0 Å². The first-order valence-corrected chi connectivity index (χ1v) is 9.10. The van der Waals surface area contributed by atoms with Crippen molar-refractivity contribution in [1.82, 2.24) is 0 Å². The van der Waals surface area contributed by atoms with E-state index in [1.54, 1.807) is 19.1 Å². The van der Waals surface area contributed by atoms with E-state index >= 15 is 0 Å². The van der Waals surface area contributed by atoms with Gasteiger partial charge in [0.25, 0.3) is 0 Å². The molecule has 1 fully saturated rings. The minimum atomic E-state index is -1.10. The Bertz CT molecular complexity index is 1110. The predicted octanol–water partition coefficient (Wildman–Crippen LogP) is 2.15. The van der Waals surface area contributed by atoms with Crippen molar-refractivity contribution in [2.24, 2.45) is 0 Å². The number of ether oxygens (including phenoxy) is 1. The lowest BCUT2D eigenvalue weighted by Gasteiger charge is -2.36. The number of phenols is 3. The van der Waals surface area contributed by atoms with Crippen molar-refractivity contribution in [3.8, 4) is 28.6 Å². The number of fused-ring (bicyclic) bond motifs is 1. The Morgan fingerprint density at radius 3 is 2.34 bits per heavy atom. The molecule has 2 unspecified atom stereocenters. The van der Waals surface area contributed by atoms with Crippen LogP contribution in [0.2, 0.25) is 0 Å². The van der Waals surface area contributed by atoms with Crippen LogP contribution in [0.25, 0.3) is 22.3 Å². The van der Waals surface area contributed by atoms with Gasteiger partial charge in [0, 0.05) is 24.1 Å². The number of aliphatic hydroxyl groups excluding tert-OH is 2. The van der Waals surface area contributed by atoms with Crippen molar-refractivity contribution in [3.05, 3.63) is 52.2 Å². The summed E-state index contributed by atoms with van der Waals surface area (Å²) in [5, 5.41) is 50.1. The maximum Gasteiger partial charge on any atom is 0.197 e. The molecule has 0 saturated carbocycles. The molecule has 1 aromatic heterocycles. The maximum atomic E-state index is 12.7. The van der Waals surface area contributed by atoms with E-state index in [-0.39, 0.29) is 40.2 Å². The van der Waals surface area contributed by atoms with Crippen molar-refractivity contribution in [2.45, 2.75) is 37.8 Å². The first-order chi connectivity index (χ1) is 13.8. The molecule has 1 saturated heterocycles. The van der Waals surface area contributed by atoms with Crippen molar-refractivity contribution >= 4 is 11.0 Å². The third kappa shape index (κ3) is 3.31. The first-order valence-electron chi connectivity index (χ1n) is 9.10. The second-order valence-electron chi connectivity index (χ2n) is 7.18. The zero-order chi connectivity index (χ0) is 20.9. The smallest absolute Gasteiger partial charge is 0.197 e. The van der Waals surface area contributed by atoms with Crippen LogP contribution in [0.15, 0.2) is 45.6 Å². The van der Waals surface area contributed by atoms with Gasteiger partial charge in [-0.2, -0.15) is 0 Å². The van der Waals surface area contributed by atoms with E-state index in [9.17, 15) is 30.3 Å². The average Bonchev–Trinajstić information content (AvgIpc) is 2.65. The molecule has 0 spiro atoms. The van der Waals surface area contributed by atoms with Crippen LogP contribution in [-0.4, -0.2) is 43.8 Å². The number of aromatic hydroxyl groups is 3. The second kappa shape index (κ2) is 7.07. The van der Waals surface area contributed by atoms with Crippen LogP contribution in [0.4, 0.5) is 0 Å². The summed E-state index contributed by atoms with van der Waals surface area (Å²) in [6, 6.07) is 8.22. The lowest BCUT2D eigenvalue weighted by atomic mass is 9.92. The lowest BCUT2D eigenvalue weighted by molar-refractivity contribution is -0.163. The summed E-state index contributed by atoms with van der Waals surface area (Å²) in [6.45, 7) is 1.58. The Hall–Kier alpha value is -3.07. The molecule has 0 radical (unpaired) electrons. The molecule has 1 aliphatic rings. The largest absolute Gasteiger partial charge is 0.508 e. The summed E-state index contributed by atoms with van der Waals surface area (Å²) in [4.78, 5) is 12.7. The molecular weight excluding hydrogens is 380 g/mol. The molecule has 0 aliphatic carbocycles. The third-order valence-corrected chi connectivity index (χ3v) is 5.18. The number of hydrogen-bond acceptors (Lipinski definition) is 8. The highest BCUT2D eigenvalue weighted by Gasteiger charge is 2.37. The summed E-state index contributed by atoms with van der Waals surface area (Å²) < 4.78 is 11.6. The minimum absolute atomic E-state index is 0.0356. The zero-order valence-corrected chi connectivity index (χ0v) is 15.4. The predicted molar refractivity (Wildman–Crippen MR) is 103 cm³/mol. The maximum absolute atomic E-state index is 12.7. The van der Waals surface area contributed by atoms with E-state index in [0.29, 0.717) is 5.56 Å². The molecule has 8 heteroatoms. The molecule has 2 aromatic carbocycles. The highest BCUT2D eigenvalue weighted by Crippen LogP contribution is 2.43. The van der Waals surface area contributed by atoms with Gasteiger partial charge in [0.05, 0.1) is 23.9 Å².